The monoisotopic (exact) mass is 279 g/mol. The zero-order valence-corrected chi connectivity index (χ0v) is 12.8. The van der Waals surface area contributed by atoms with Crippen LogP contribution in [0.2, 0.25) is 0 Å². The fourth-order valence-corrected chi connectivity index (χ4v) is 2.71. The Morgan fingerprint density at radius 2 is 1.75 bits per heavy atom. The van der Waals surface area contributed by atoms with E-state index in [0.29, 0.717) is 25.2 Å². The summed E-state index contributed by atoms with van der Waals surface area (Å²) in [5.41, 5.74) is -0.460. The van der Waals surface area contributed by atoms with Crippen molar-refractivity contribution in [3.8, 4) is 6.07 Å². The van der Waals surface area contributed by atoms with Gasteiger partial charge in [0.15, 0.2) is 0 Å². The molecule has 0 atom stereocenters. The molecule has 110 valence electrons. The van der Waals surface area contributed by atoms with Gasteiger partial charge in [-0.25, -0.2) is 4.39 Å². The third-order valence-electron chi connectivity index (χ3n) is 4.89. The van der Waals surface area contributed by atoms with Crippen LogP contribution >= 0.6 is 0 Å². The van der Waals surface area contributed by atoms with E-state index in [2.05, 4.69) is 6.07 Å². The van der Waals surface area contributed by atoms with Gasteiger partial charge in [-0.3, -0.25) is 0 Å². The summed E-state index contributed by atoms with van der Waals surface area (Å²) >= 11 is 0. The summed E-state index contributed by atoms with van der Waals surface area (Å²) in [6.45, 7) is 7.70. The molecule has 2 fully saturated rings. The van der Waals surface area contributed by atoms with Crippen molar-refractivity contribution >= 4 is 7.12 Å². The first-order valence-corrected chi connectivity index (χ1v) is 7.37. The van der Waals surface area contributed by atoms with Gasteiger partial charge in [0.1, 0.15) is 5.73 Å². The van der Waals surface area contributed by atoms with Gasteiger partial charge >= 0.3 is 7.12 Å². The predicted molar refractivity (Wildman–Crippen MR) is 76.4 cm³/mol. The zero-order valence-electron chi connectivity index (χ0n) is 12.8. The Kier molecular flexibility index (Phi) is 4.27. The van der Waals surface area contributed by atoms with Crippen molar-refractivity contribution in [2.75, 3.05) is 0 Å². The van der Waals surface area contributed by atoms with E-state index in [4.69, 9.17) is 14.6 Å². The highest BCUT2D eigenvalue weighted by molar-refractivity contribution is 6.53. The highest BCUT2D eigenvalue weighted by atomic mass is 19.1. The summed E-state index contributed by atoms with van der Waals surface area (Å²) in [6, 6.07) is 2.20. The maximum atomic E-state index is 14.6. The highest BCUT2D eigenvalue weighted by Crippen LogP contribution is 2.41. The van der Waals surface area contributed by atoms with Crippen LogP contribution in [0.25, 0.3) is 0 Å². The molecule has 5 heteroatoms. The average molecular weight is 279 g/mol. The lowest BCUT2D eigenvalue weighted by atomic mass is 9.77. The SMILES string of the molecule is CC1(C)OB(C(F)=C2CCC(CC#N)CC2)OC1(C)C. The van der Waals surface area contributed by atoms with Crippen molar-refractivity contribution in [2.24, 2.45) is 5.92 Å². The summed E-state index contributed by atoms with van der Waals surface area (Å²) in [4.78, 5) is 0. The Balaban J connectivity index is 2.04. The lowest BCUT2D eigenvalue weighted by Crippen LogP contribution is -2.41. The average Bonchev–Trinajstić information content (AvgIpc) is 2.59. The first-order valence-electron chi connectivity index (χ1n) is 7.37. The smallest absolute Gasteiger partial charge is 0.398 e. The van der Waals surface area contributed by atoms with Crippen LogP contribution in [0.15, 0.2) is 11.3 Å². The second-order valence-electron chi connectivity index (χ2n) is 6.85. The minimum absolute atomic E-state index is 0.251. The molecule has 1 aliphatic heterocycles. The molecular formula is C15H23BFNO2. The number of allylic oxidation sites excluding steroid dienone is 1. The number of halogens is 1. The second kappa shape index (κ2) is 5.50. The molecule has 0 aromatic rings. The number of hydrogen-bond donors (Lipinski definition) is 0. The van der Waals surface area contributed by atoms with Crippen molar-refractivity contribution in [3.63, 3.8) is 0 Å². The van der Waals surface area contributed by atoms with Crippen LogP contribution in [0.1, 0.15) is 59.8 Å². The summed E-state index contributed by atoms with van der Waals surface area (Å²) in [7, 11) is -0.873. The molecule has 2 aliphatic rings. The Bertz CT molecular complexity index is 427. The summed E-state index contributed by atoms with van der Waals surface area (Å²) in [5, 5.41) is 8.71. The molecule has 0 spiro atoms. The second-order valence-corrected chi connectivity index (χ2v) is 6.85. The number of hydrogen-bond acceptors (Lipinski definition) is 3. The molecule has 0 unspecified atom stereocenters. The summed E-state index contributed by atoms with van der Waals surface area (Å²) in [6.07, 6.45) is 3.77. The van der Waals surface area contributed by atoms with Gasteiger partial charge < -0.3 is 9.31 Å². The molecule has 3 nitrogen and oxygen atoms in total. The van der Waals surface area contributed by atoms with Crippen LogP contribution in [0, 0.1) is 17.2 Å². The number of nitrogens with zero attached hydrogens (tertiary/aromatic N) is 1. The highest BCUT2D eigenvalue weighted by Gasteiger charge is 2.53. The van der Waals surface area contributed by atoms with Gasteiger partial charge in [0, 0.05) is 6.42 Å². The van der Waals surface area contributed by atoms with Crippen LogP contribution in [0.4, 0.5) is 4.39 Å². The van der Waals surface area contributed by atoms with Crippen molar-refractivity contribution in [1.82, 2.24) is 0 Å². The van der Waals surface area contributed by atoms with Crippen molar-refractivity contribution in [1.29, 1.82) is 5.26 Å². The fraction of sp³-hybridized carbons (Fsp3) is 0.800. The summed E-state index contributed by atoms with van der Waals surface area (Å²) in [5.74, 6) is 0.412. The molecule has 0 amide bonds. The summed E-state index contributed by atoms with van der Waals surface area (Å²) < 4.78 is 26.0. The van der Waals surface area contributed by atoms with E-state index in [0.717, 1.165) is 18.4 Å². The third kappa shape index (κ3) is 2.92. The molecular weight excluding hydrogens is 256 g/mol. The molecule has 1 saturated heterocycles. The van der Waals surface area contributed by atoms with Crippen LogP contribution in [-0.4, -0.2) is 18.3 Å². The first kappa shape index (κ1) is 15.5. The van der Waals surface area contributed by atoms with E-state index < -0.39 is 18.3 Å². The molecule has 0 aromatic heterocycles. The quantitative estimate of drug-likeness (QED) is 0.719. The third-order valence-corrected chi connectivity index (χ3v) is 4.89. The van der Waals surface area contributed by atoms with Gasteiger partial charge in [-0.1, -0.05) is 0 Å². The molecule has 1 aliphatic carbocycles. The fourth-order valence-electron chi connectivity index (χ4n) is 2.71. The predicted octanol–water partition coefficient (Wildman–Crippen LogP) is 3.95. The van der Waals surface area contributed by atoms with E-state index in [1.807, 2.05) is 27.7 Å². The van der Waals surface area contributed by atoms with Gasteiger partial charge in [-0.05, 0) is 64.9 Å². The van der Waals surface area contributed by atoms with E-state index in [-0.39, 0.29) is 5.73 Å². The molecule has 2 rings (SSSR count). The maximum Gasteiger partial charge on any atom is 0.525 e. The molecule has 0 bridgehead atoms. The van der Waals surface area contributed by atoms with E-state index >= 15 is 0 Å². The number of nitriles is 1. The van der Waals surface area contributed by atoms with Crippen molar-refractivity contribution < 1.29 is 13.7 Å². The molecule has 20 heavy (non-hydrogen) atoms. The standard InChI is InChI=1S/C15H23BFNO2/c1-14(2)15(3,4)20-16(19-14)13(17)12-7-5-11(6-8-12)9-10-18/h11H,5-9H2,1-4H3. The van der Waals surface area contributed by atoms with E-state index in [9.17, 15) is 4.39 Å². The largest absolute Gasteiger partial charge is 0.525 e. The van der Waals surface area contributed by atoms with Gasteiger partial charge in [-0.15, -0.1) is 0 Å². The van der Waals surface area contributed by atoms with Crippen LogP contribution in [-0.2, 0) is 9.31 Å². The normalized spacial score (nSPS) is 28.3. The van der Waals surface area contributed by atoms with E-state index in [1.165, 1.54) is 0 Å². The first-order chi connectivity index (χ1) is 9.27. The van der Waals surface area contributed by atoms with Crippen LogP contribution in [0.3, 0.4) is 0 Å². The Morgan fingerprint density at radius 1 is 1.25 bits per heavy atom. The minimum Gasteiger partial charge on any atom is -0.398 e. The zero-order chi connectivity index (χ0) is 15.0. The maximum absolute atomic E-state index is 14.6. The van der Waals surface area contributed by atoms with Crippen molar-refractivity contribution in [2.45, 2.75) is 71.0 Å². The lowest BCUT2D eigenvalue weighted by Gasteiger charge is -2.32. The Labute approximate surface area is 121 Å². The van der Waals surface area contributed by atoms with Gasteiger partial charge in [0.25, 0.3) is 0 Å². The Morgan fingerprint density at radius 3 is 2.20 bits per heavy atom. The van der Waals surface area contributed by atoms with Crippen LogP contribution in [0.5, 0.6) is 0 Å². The molecule has 0 aromatic carbocycles. The topological polar surface area (TPSA) is 42.2 Å². The minimum atomic E-state index is -0.873. The molecule has 0 radical (unpaired) electrons. The molecule has 0 N–H and O–H groups in total. The lowest BCUT2D eigenvalue weighted by molar-refractivity contribution is 0.00578. The van der Waals surface area contributed by atoms with Gasteiger partial charge in [0.2, 0.25) is 0 Å². The van der Waals surface area contributed by atoms with Crippen molar-refractivity contribution in [3.05, 3.63) is 11.3 Å². The molecule has 1 heterocycles. The molecule has 1 saturated carbocycles. The van der Waals surface area contributed by atoms with Crippen LogP contribution < -0.4 is 0 Å². The van der Waals surface area contributed by atoms with Gasteiger partial charge in [0.05, 0.1) is 17.3 Å². The Hall–Kier alpha value is -0.855. The van der Waals surface area contributed by atoms with Gasteiger partial charge in [-0.2, -0.15) is 5.26 Å². The number of rotatable bonds is 2. The van der Waals surface area contributed by atoms with E-state index in [1.54, 1.807) is 0 Å².